The lowest BCUT2D eigenvalue weighted by Crippen LogP contribution is -2.30. The van der Waals surface area contributed by atoms with Crippen LogP contribution in [0.15, 0.2) is 48.5 Å². The summed E-state index contributed by atoms with van der Waals surface area (Å²) in [7, 11) is 0. The fourth-order valence-electron chi connectivity index (χ4n) is 5.56. The summed E-state index contributed by atoms with van der Waals surface area (Å²) in [6.45, 7) is 4.67. The van der Waals surface area contributed by atoms with Crippen LogP contribution in [0.2, 0.25) is 0 Å². The molecule has 0 spiro atoms. The predicted molar refractivity (Wildman–Crippen MR) is 133 cm³/mol. The van der Waals surface area contributed by atoms with Gasteiger partial charge in [0.05, 0.1) is 35.7 Å². The van der Waals surface area contributed by atoms with Gasteiger partial charge in [0.15, 0.2) is 0 Å². The normalized spacial score (nSPS) is 25.8. The van der Waals surface area contributed by atoms with Crippen molar-refractivity contribution in [2.75, 3.05) is 23.0 Å². The minimum absolute atomic E-state index is 0.0509. The van der Waals surface area contributed by atoms with Crippen LogP contribution in [0.1, 0.15) is 39.5 Å². The van der Waals surface area contributed by atoms with Gasteiger partial charge in [-0.2, -0.15) is 0 Å². The van der Waals surface area contributed by atoms with Crippen molar-refractivity contribution in [3.05, 3.63) is 48.5 Å². The number of carbonyl (C=O) groups excluding carboxylic acids is 4. The topological polar surface area (TPSA) is 93.2 Å². The van der Waals surface area contributed by atoms with Crippen LogP contribution in [0, 0.1) is 23.7 Å². The molecule has 1 aliphatic carbocycles. The van der Waals surface area contributed by atoms with Crippen molar-refractivity contribution < 1.29 is 28.7 Å². The Bertz CT molecular complexity index is 1190. The zero-order valence-electron chi connectivity index (χ0n) is 20.5. The van der Waals surface area contributed by atoms with Crippen LogP contribution >= 0.6 is 0 Å². The number of hydrogen-bond acceptors (Lipinski definition) is 6. The van der Waals surface area contributed by atoms with Gasteiger partial charge in [-0.1, -0.05) is 19.1 Å². The number of esters is 1. The lowest BCUT2D eigenvalue weighted by Gasteiger charge is -2.25. The second kappa shape index (κ2) is 9.76. The van der Waals surface area contributed by atoms with Crippen LogP contribution in [-0.2, 0) is 19.2 Å². The first-order valence-corrected chi connectivity index (χ1v) is 12.6. The van der Waals surface area contributed by atoms with Crippen molar-refractivity contribution >= 4 is 35.1 Å². The number of para-hydroxylation sites is 2. The van der Waals surface area contributed by atoms with E-state index in [1.54, 1.807) is 41.3 Å². The number of fused-ring (bicyclic) bond motifs is 1. The summed E-state index contributed by atoms with van der Waals surface area (Å²) in [5.41, 5.74) is 1.13. The molecule has 3 fully saturated rings. The van der Waals surface area contributed by atoms with Crippen molar-refractivity contribution in [2.24, 2.45) is 23.7 Å². The predicted octanol–water partition coefficient (Wildman–Crippen LogP) is 3.97. The molecule has 2 aromatic rings. The van der Waals surface area contributed by atoms with Gasteiger partial charge in [-0.25, -0.2) is 0 Å². The number of nitrogens with zero attached hydrogens (tertiary/aromatic N) is 2. The summed E-state index contributed by atoms with van der Waals surface area (Å²) >= 11 is 0. The Morgan fingerprint density at radius 2 is 1.69 bits per heavy atom. The number of benzene rings is 2. The van der Waals surface area contributed by atoms with Crippen molar-refractivity contribution in [1.29, 1.82) is 0 Å². The summed E-state index contributed by atoms with van der Waals surface area (Å²) in [5, 5.41) is 0. The number of ether oxygens (including phenoxy) is 2. The molecule has 2 heterocycles. The maximum Gasteiger partial charge on any atom is 0.316 e. The van der Waals surface area contributed by atoms with E-state index in [1.165, 1.54) is 4.90 Å². The number of carbonyl (C=O) groups is 4. The Hall–Kier alpha value is -3.68. The molecule has 0 radical (unpaired) electrons. The number of rotatable bonds is 6. The molecule has 36 heavy (non-hydrogen) atoms. The van der Waals surface area contributed by atoms with Crippen LogP contribution in [0.3, 0.4) is 0 Å². The number of imide groups is 1. The van der Waals surface area contributed by atoms with E-state index in [0.717, 1.165) is 19.3 Å². The standard InChI is InChI=1S/C28H30N2O6/c1-3-35-24-7-5-4-6-23(24)29-16-18(15-25(29)31)28(34)36-20-11-9-19(10-12-20)30-26(32)21-13-8-17(2)14-22(21)27(30)33/h4-7,9-12,17-18,21-22H,3,8,13-16H2,1-2H3/t17-,18-,21-,22+/m1/s1. The molecule has 3 amide bonds. The van der Waals surface area contributed by atoms with Gasteiger partial charge < -0.3 is 14.4 Å². The van der Waals surface area contributed by atoms with Gasteiger partial charge in [-0.05, 0) is 68.5 Å². The molecule has 2 saturated heterocycles. The van der Waals surface area contributed by atoms with Crippen molar-refractivity contribution in [1.82, 2.24) is 0 Å². The van der Waals surface area contributed by atoms with Crippen LogP contribution in [0.4, 0.5) is 11.4 Å². The van der Waals surface area contributed by atoms with E-state index in [2.05, 4.69) is 6.92 Å². The summed E-state index contributed by atoms with van der Waals surface area (Å²) in [4.78, 5) is 54.2. The third-order valence-corrected chi connectivity index (χ3v) is 7.42. The average molecular weight is 491 g/mol. The van der Waals surface area contributed by atoms with Gasteiger partial charge in [-0.3, -0.25) is 24.1 Å². The Kier molecular flexibility index (Phi) is 6.51. The molecule has 2 aromatic carbocycles. The van der Waals surface area contributed by atoms with Crippen LogP contribution in [0.25, 0.3) is 0 Å². The number of hydrogen-bond donors (Lipinski definition) is 0. The molecular weight excluding hydrogens is 460 g/mol. The molecule has 0 N–H and O–H groups in total. The summed E-state index contributed by atoms with van der Waals surface area (Å²) in [5.74, 6) is -0.697. The molecule has 4 atom stereocenters. The number of anilines is 2. The fraction of sp³-hybridized carbons (Fsp3) is 0.429. The minimum Gasteiger partial charge on any atom is -0.492 e. The third kappa shape index (κ3) is 4.36. The molecule has 3 aliphatic rings. The first-order chi connectivity index (χ1) is 17.4. The molecule has 2 aliphatic heterocycles. The van der Waals surface area contributed by atoms with Crippen LogP contribution in [-0.4, -0.2) is 36.8 Å². The second-order valence-corrected chi connectivity index (χ2v) is 9.86. The lowest BCUT2D eigenvalue weighted by molar-refractivity contribution is -0.139. The first kappa shape index (κ1) is 24.0. The summed E-state index contributed by atoms with van der Waals surface area (Å²) < 4.78 is 11.2. The quantitative estimate of drug-likeness (QED) is 0.346. The Balaban J connectivity index is 1.24. The number of amides is 3. The van der Waals surface area contributed by atoms with Gasteiger partial charge in [-0.15, -0.1) is 0 Å². The molecule has 8 heteroatoms. The average Bonchev–Trinajstić information content (AvgIpc) is 3.37. The summed E-state index contributed by atoms with van der Waals surface area (Å²) in [6, 6.07) is 13.7. The van der Waals surface area contributed by atoms with Gasteiger partial charge in [0.2, 0.25) is 17.7 Å². The third-order valence-electron chi connectivity index (χ3n) is 7.42. The van der Waals surface area contributed by atoms with Gasteiger partial charge >= 0.3 is 5.97 Å². The van der Waals surface area contributed by atoms with E-state index in [9.17, 15) is 19.2 Å². The first-order valence-electron chi connectivity index (χ1n) is 12.6. The van der Waals surface area contributed by atoms with E-state index in [1.807, 2.05) is 19.1 Å². The monoisotopic (exact) mass is 490 g/mol. The smallest absolute Gasteiger partial charge is 0.316 e. The van der Waals surface area contributed by atoms with E-state index >= 15 is 0 Å². The lowest BCUT2D eigenvalue weighted by atomic mass is 9.76. The fourth-order valence-corrected chi connectivity index (χ4v) is 5.56. The molecule has 0 unspecified atom stereocenters. The molecule has 188 valence electrons. The van der Waals surface area contributed by atoms with Crippen molar-refractivity contribution in [2.45, 2.75) is 39.5 Å². The highest BCUT2D eigenvalue weighted by Gasteiger charge is 2.50. The molecular formula is C28H30N2O6. The molecule has 8 nitrogen and oxygen atoms in total. The molecule has 0 aromatic heterocycles. The Morgan fingerprint density at radius 3 is 2.44 bits per heavy atom. The van der Waals surface area contributed by atoms with Crippen molar-refractivity contribution in [3.8, 4) is 11.5 Å². The SMILES string of the molecule is CCOc1ccccc1N1C[C@H](C(=O)Oc2ccc(N3C(=O)[C@H]4C[C@H](C)CC[C@H]4C3=O)cc2)CC1=O. The van der Waals surface area contributed by atoms with E-state index in [0.29, 0.717) is 35.4 Å². The molecule has 1 saturated carbocycles. The zero-order valence-corrected chi connectivity index (χ0v) is 20.5. The highest BCUT2D eigenvalue weighted by molar-refractivity contribution is 6.22. The Labute approximate surface area is 210 Å². The Morgan fingerprint density at radius 1 is 0.972 bits per heavy atom. The molecule has 5 rings (SSSR count). The largest absolute Gasteiger partial charge is 0.492 e. The van der Waals surface area contributed by atoms with Crippen LogP contribution in [0.5, 0.6) is 11.5 Å². The summed E-state index contributed by atoms with van der Waals surface area (Å²) in [6.07, 6.45) is 2.50. The van der Waals surface area contributed by atoms with Crippen LogP contribution < -0.4 is 19.3 Å². The maximum absolute atomic E-state index is 13.0. The van der Waals surface area contributed by atoms with Gasteiger partial charge in [0.25, 0.3) is 0 Å². The van der Waals surface area contributed by atoms with Gasteiger partial charge in [0, 0.05) is 13.0 Å². The highest BCUT2D eigenvalue weighted by atomic mass is 16.5. The maximum atomic E-state index is 13.0. The minimum atomic E-state index is -0.612. The molecule has 0 bridgehead atoms. The zero-order chi connectivity index (χ0) is 25.4. The van der Waals surface area contributed by atoms with E-state index < -0.39 is 11.9 Å². The van der Waals surface area contributed by atoms with Gasteiger partial charge in [0.1, 0.15) is 11.5 Å². The highest BCUT2D eigenvalue weighted by Crippen LogP contribution is 2.42. The van der Waals surface area contributed by atoms with E-state index in [-0.39, 0.29) is 42.5 Å². The van der Waals surface area contributed by atoms with Crippen molar-refractivity contribution in [3.63, 3.8) is 0 Å². The van der Waals surface area contributed by atoms with E-state index in [4.69, 9.17) is 9.47 Å². The second-order valence-electron chi connectivity index (χ2n) is 9.86.